The lowest BCUT2D eigenvalue weighted by Gasteiger charge is -2.25. The Morgan fingerprint density at radius 1 is 0.842 bits per heavy atom. The van der Waals surface area contributed by atoms with Gasteiger partial charge in [0.2, 0.25) is 0 Å². The first-order valence-corrected chi connectivity index (χ1v) is 12.5. The fourth-order valence-corrected chi connectivity index (χ4v) is 3.04. The van der Waals surface area contributed by atoms with Crippen LogP contribution in [-0.4, -0.2) is 48.1 Å². The zero-order valence-electron chi connectivity index (χ0n) is 23.7. The number of benzene rings is 2. The molecule has 8 heteroatoms. The summed E-state index contributed by atoms with van der Waals surface area (Å²) in [6.07, 6.45) is 5.74. The Hall–Kier alpha value is -3.86. The molecule has 0 saturated carbocycles. The van der Waals surface area contributed by atoms with E-state index in [0.717, 1.165) is 16.9 Å². The van der Waals surface area contributed by atoms with Crippen LogP contribution in [0.25, 0.3) is 0 Å². The molecule has 0 aliphatic rings. The summed E-state index contributed by atoms with van der Waals surface area (Å²) in [7, 11) is 0. The molecular weight excluding hydrogens is 488 g/mol. The predicted molar refractivity (Wildman–Crippen MR) is 146 cm³/mol. The number of carbonyl (C=O) groups is 2. The number of ether oxygens (including phenoxy) is 5. The minimum absolute atomic E-state index is 0.170. The summed E-state index contributed by atoms with van der Waals surface area (Å²) in [6.45, 7) is 15.0. The van der Waals surface area contributed by atoms with Crippen LogP contribution >= 0.6 is 0 Å². The molecule has 0 unspecified atom stereocenters. The molecule has 1 N–H and O–H groups in total. The van der Waals surface area contributed by atoms with Gasteiger partial charge in [-0.15, -0.1) is 12.3 Å². The molecule has 0 aromatic heterocycles. The van der Waals surface area contributed by atoms with Crippen molar-refractivity contribution in [1.82, 2.24) is 0 Å². The Morgan fingerprint density at radius 2 is 1.32 bits per heavy atom. The number of esters is 2. The molecule has 38 heavy (non-hydrogen) atoms. The second kappa shape index (κ2) is 14.8. The van der Waals surface area contributed by atoms with Crippen LogP contribution in [0.15, 0.2) is 36.4 Å². The molecule has 2 aromatic carbocycles. The minimum Gasteiger partial charge on any atom is -0.508 e. The van der Waals surface area contributed by atoms with E-state index in [1.807, 2.05) is 13.0 Å². The molecule has 0 atom stereocenters. The van der Waals surface area contributed by atoms with Gasteiger partial charge in [0.05, 0.1) is 19.8 Å². The van der Waals surface area contributed by atoms with Gasteiger partial charge in [0.1, 0.15) is 23.0 Å². The molecule has 0 radical (unpaired) electrons. The third-order valence-corrected chi connectivity index (χ3v) is 5.08. The SMILES string of the molecule is C#CCCOc1ccc(OC(C)(C)C(=O)OCC)c(C)c1.CCOC(=O)C(C)(C)Oc1ccc(O)cc1C. The third-order valence-electron chi connectivity index (χ3n) is 5.08. The fourth-order valence-electron chi connectivity index (χ4n) is 3.04. The molecular formula is C30H40O8. The number of terminal acetylenes is 1. The molecule has 0 fully saturated rings. The Morgan fingerprint density at radius 3 is 1.74 bits per heavy atom. The maximum atomic E-state index is 11.8. The topological polar surface area (TPSA) is 101 Å². The van der Waals surface area contributed by atoms with Crippen molar-refractivity contribution in [1.29, 1.82) is 0 Å². The van der Waals surface area contributed by atoms with E-state index in [2.05, 4.69) is 5.92 Å². The predicted octanol–water partition coefficient (Wildman–Crippen LogP) is 5.54. The monoisotopic (exact) mass is 528 g/mol. The van der Waals surface area contributed by atoms with Crippen molar-refractivity contribution < 1.29 is 38.4 Å². The lowest BCUT2D eigenvalue weighted by molar-refractivity contribution is -0.159. The van der Waals surface area contributed by atoms with Gasteiger partial charge in [0.15, 0.2) is 11.2 Å². The number of phenols is 1. The highest BCUT2D eigenvalue weighted by Gasteiger charge is 2.33. The van der Waals surface area contributed by atoms with Crippen molar-refractivity contribution in [2.45, 2.75) is 73.0 Å². The second-order valence-electron chi connectivity index (χ2n) is 9.35. The summed E-state index contributed by atoms with van der Waals surface area (Å²) < 4.78 is 26.8. The van der Waals surface area contributed by atoms with Gasteiger partial charge in [0.25, 0.3) is 0 Å². The molecule has 208 valence electrons. The minimum atomic E-state index is -1.04. The largest absolute Gasteiger partial charge is 0.508 e. The van der Waals surface area contributed by atoms with E-state index >= 15 is 0 Å². The van der Waals surface area contributed by atoms with E-state index in [9.17, 15) is 14.7 Å². The van der Waals surface area contributed by atoms with E-state index in [1.165, 1.54) is 6.07 Å². The fraction of sp³-hybridized carbons (Fsp3) is 0.467. The molecule has 8 nitrogen and oxygen atoms in total. The van der Waals surface area contributed by atoms with Crippen LogP contribution < -0.4 is 14.2 Å². The van der Waals surface area contributed by atoms with Gasteiger partial charge in [-0.25, -0.2) is 9.59 Å². The number of phenolic OH excluding ortho intramolecular Hbond substituents is 1. The smallest absolute Gasteiger partial charge is 0.349 e. The first-order chi connectivity index (χ1) is 17.8. The summed E-state index contributed by atoms with van der Waals surface area (Å²) in [5.41, 5.74) is -0.433. The van der Waals surface area contributed by atoms with Crippen LogP contribution in [0.2, 0.25) is 0 Å². The van der Waals surface area contributed by atoms with Crippen LogP contribution in [0.3, 0.4) is 0 Å². The number of aryl methyl sites for hydroxylation is 2. The van der Waals surface area contributed by atoms with Gasteiger partial charge >= 0.3 is 11.9 Å². The summed E-state index contributed by atoms with van der Waals surface area (Å²) >= 11 is 0. The maximum Gasteiger partial charge on any atom is 0.349 e. The number of aromatic hydroxyl groups is 1. The molecule has 0 spiro atoms. The van der Waals surface area contributed by atoms with Gasteiger partial charge in [-0.3, -0.25) is 0 Å². The van der Waals surface area contributed by atoms with Crippen LogP contribution in [0.5, 0.6) is 23.0 Å². The highest BCUT2D eigenvalue weighted by Crippen LogP contribution is 2.28. The first kappa shape index (κ1) is 32.2. The van der Waals surface area contributed by atoms with Crippen molar-refractivity contribution in [2.24, 2.45) is 0 Å². The normalized spacial score (nSPS) is 10.8. The molecule has 0 heterocycles. The molecule has 0 aliphatic carbocycles. The number of carbonyl (C=O) groups excluding carboxylic acids is 2. The van der Waals surface area contributed by atoms with Crippen LogP contribution in [0, 0.1) is 26.2 Å². The van der Waals surface area contributed by atoms with Gasteiger partial charge in [-0.1, -0.05) is 0 Å². The second-order valence-corrected chi connectivity index (χ2v) is 9.35. The van der Waals surface area contributed by atoms with E-state index in [1.54, 1.807) is 72.7 Å². The highest BCUT2D eigenvalue weighted by atomic mass is 16.6. The zero-order valence-corrected chi connectivity index (χ0v) is 23.7. The molecule has 0 bridgehead atoms. The average molecular weight is 529 g/mol. The van der Waals surface area contributed by atoms with Crippen molar-refractivity contribution in [2.75, 3.05) is 19.8 Å². The Kier molecular flexibility index (Phi) is 12.5. The standard InChI is InChI=1S/C17H22O4.C13H18O4/c1-6-8-11-20-14-9-10-15(13(3)12-14)21-17(4,5)16(18)19-7-2;1-5-16-12(15)13(3,4)17-11-7-6-10(14)8-9(11)2/h1,9-10,12H,7-8,11H2,2-5H3;6-8,14H,5H2,1-4H3. The molecule has 0 saturated heterocycles. The molecule has 0 aliphatic heterocycles. The Balaban J connectivity index is 0.000000389. The Bertz CT molecular complexity index is 1110. The quantitative estimate of drug-likeness (QED) is 0.231. The van der Waals surface area contributed by atoms with Gasteiger partial charge in [0, 0.05) is 6.42 Å². The van der Waals surface area contributed by atoms with Crippen LogP contribution in [0.1, 0.15) is 59.1 Å². The van der Waals surface area contributed by atoms with Crippen molar-refractivity contribution in [3.63, 3.8) is 0 Å². The Labute approximate surface area is 226 Å². The van der Waals surface area contributed by atoms with E-state index in [-0.39, 0.29) is 5.75 Å². The van der Waals surface area contributed by atoms with Gasteiger partial charge < -0.3 is 28.8 Å². The average Bonchev–Trinajstić information content (AvgIpc) is 2.83. The van der Waals surface area contributed by atoms with Crippen molar-refractivity contribution in [3.8, 4) is 35.3 Å². The summed E-state index contributed by atoms with van der Waals surface area (Å²) in [4.78, 5) is 23.5. The van der Waals surface area contributed by atoms with Gasteiger partial charge in [-0.2, -0.15) is 0 Å². The number of hydrogen-bond acceptors (Lipinski definition) is 8. The third kappa shape index (κ3) is 10.3. The van der Waals surface area contributed by atoms with E-state index in [0.29, 0.717) is 37.7 Å². The first-order valence-electron chi connectivity index (χ1n) is 12.5. The van der Waals surface area contributed by atoms with Gasteiger partial charge in [-0.05, 0) is 103 Å². The highest BCUT2D eigenvalue weighted by molar-refractivity contribution is 5.79. The summed E-state index contributed by atoms with van der Waals surface area (Å²) in [6, 6.07) is 10.2. The van der Waals surface area contributed by atoms with E-state index in [4.69, 9.17) is 30.1 Å². The van der Waals surface area contributed by atoms with Crippen molar-refractivity contribution >= 4 is 11.9 Å². The summed E-state index contributed by atoms with van der Waals surface area (Å²) in [5, 5.41) is 9.28. The zero-order chi connectivity index (χ0) is 28.9. The van der Waals surface area contributed by atoms with Crippen molar-refractivity contribution in [3.05, 3.63) is 47.5 Å². The number of hydrogen-bond donors (Lipinski definition) is 1. The lowest BCUT2D eigenvalue weighted by Crippen LogP contribution is -2.39. The van der Waals surface area contributed by atoms with Crippen LogP contribution in [0.4, 0.5) is 0 Å². The molecule has 0 amide bonds. The maximum absolute atomic E-state index is 11.8. The molecule has 2 aromatic rings. The molecule has 2 rings (SSSR count). The number of rotatable bonds is 11. The van der Waals surface area contributed by atoms with Crippen LogP contribution in [-0.2, 0) is 19.1 Å². The lowest BCUT2D eigenvalue weighted by atomic mass is 10.1. The summed E-state index contributed by atoms with van der Waals surface area (Å²) in [5.74, 6) is 3.79. The van der Waals surface area contributed by atoms with E-state index < -0.39 is 23.1 Å².